The van der Waals surface area contributed by atoms with E-state index in [0.717, 1.165) is 17.4 Å². The van der Waals surface area contributed by atoms with Gasteiger partial charge in [-0.25, -0.2) is 0 Å². The normalized spacial score (nSPS) is 12.1. The summed E-state index contributed by atoms with van der Waals surface area (Å²) in [6.45, 7) is 2.04. The van der Waals surface area contributed by atoms with Crippen LogP contribution < -0.4 is 10.1 Å². The van der Waals surface area contributed by atoms with Gasteiger partial charge in [0.25, 0.3) is 5.91 Å². The summed E-state index contributed by atoms with van der Waals surface area (Å²) in [5.74, 6) is 0.689. The molecule has 3 aromatic rings. The highest BCUT2D eigenvalue weighted by molar-refractivity contribution is 5.97. The molecule has 0 saturated carbocycles. The van der Waals surface area contributed by atoms with Crippen molar-refractivity contribution in [2.24, 2.45) is 0 Å². The SMILES string of the molecule is CCC(NC(=O)c1cc2cccc(OC)c2o1)c1ccccc1. The molecule has 1 N–H and O–H groups in total. The lowest BCUT2D eigenvalue weighted by molar-refractivity contribution is 0.0909. The van der Waals surface area contributed by atoms with Crippen LogP contribution in [0, 0.1) is 0 Å². The summed E-state index contributed by atoms with van der Waals surface area (Å²) >= 11 is 0. The Kier molecular flexibility index (Phi) is 4.33. The molecule has 1 heterocycles. The Morgan fingerprint density at radius 2 is 1.96 bits per heavy atom. The molecule has 3 rings (SSSR count). The Morgan fingerprint density at radius 3 is 2.65 bits per heavy atom. The van der Waals surface area contributed by atoms with Gasteiger partial charge in [0.15, 0.2) is 17.1 Å². The molecule has 1 atom stereocenters. The molecule has 23 heavy (non-hydrogen) atoms. The molecule has 0 aliphatic rings. The van der Waals surface area contributed by atoms with Gasteiger partial charge < -0.3 is 14.5 Å². The number of fused-ring (bicyclic) bond motifs is 1. The molecule has 0 fully saturated rings. The number of furan rings is 1. The Bertz CT molecular complexity index is 808. The van der Waals surface area contributed by atoms with Gasteiger partial charge >= 0.3 is 0 Å². The zero-order valence-corrected chi connectivity index (χ0v) is 13.2. The molecule has 1 aromatic heterocycles. The fourth-order valence-electron chi connectivity index (χ4n) is 2.64. The third-order valence-electron chi connectivity index (χ3n) is 3.87. The standard InChI is InChI=1S/C19H19NO3/c1-3-15(13-8-5-4-6-9-13)20-19(21)17-12-14-10-7-11-16(22-2)18(14)23-17/h4-12,15H,3H2,1-2H3,(H,20,21). The van der Waals surface area contributed by atoms with E-state index in [1.54, 1.807) is 13.2 Å². The summed E-state index contributed by atoms with van der Waals surface area (Å²) < 4.78 is 11.0. The molecule has 1 unspecified atom stereocenters. The van der Waals surface area contributed by atoms with Gasteiger partial charge in [-0.2, -0.15) is 0 Å². The van der Waals surface area contributed by atoms with E-state index in [4.69, 9.17) is 9.15 Å². The molecule has 0 aliphatic carbocycles. The number of carbonyl (C=O) groups excluding carboxylic acids is 1. The van der Waals surface area contributed by atoms with Crippen LogP contribution in [0.15, 0.2) is 59.0 Å². The molecule has 118 valence electrons. The number of rotatable bonds is 5. The maximum Gasteiger partial charge on any atom is 0.287 e. The molecule has 1 amide bonds. The number of hydrogen-bond acceptors (Lipinski definition) is 3. The number of hydrogen-bond donors (Lipinski definition) is 1. The number of benzene rings is 2. The number of methoxy groups -OCH3 is 1. The quantitative estimate of drug-likeness (QED) is 0.763. The third kappa shape index (κ3) is 3.06. The molecule has 4 nitrogen and oxygen atoms in total. The van der Waals surface area contributed by atoms with E-state index in [9.17, 15) is 4.79 Å². The summed E-state index contributed by atoms with van der Waals surface area (Å²) in [5.41, 5.74) is 1.67. The van der Waals surface area contributed by atoms with E-state index in [2.05, 4.69) is 5.32 Å². The summed E-state index contributed by atoms with van der Waals surface area (Å²) in [6.07, 6.45) is 0.805. The molecule has 0 saturated heterocycles. The molecule has 0 bridgehead atoms. The first-order valence-electron chi connectivity index (χ1n) is 7.65. The van der Waals surface area contributed by atoms with Crippen molar-refractivity contribution >= 4 is 16.9 Å². The zero-order valence-electron chi connectivity index (χ0n) is 13.2. The van der Waals surface area contributed by atoms with Gasteiger partial charge in [0.2, 0.25) is 0 Å². The second-order valence-electron chi connectivity index (χ2n) is 5.33. The maximum atomic E-state index is 12.5. The first-order chi connectivity index (χ1) is 11.2. The van der Waals surface area contributed by atoms with Crippen molar-refractivity contribution in [1.82, 2.24) is 5.32 Å². The molecular formula is C19H19NO3. The Balaban J connectivity index is 1.85. The Labute approximate surface area is 135 Å². The summed E-state index contributed by atoms with van der Waals surface area (Å²) in [7, 11) is 1.58. The van der Waals surface area contributed by atoms with Crippen LogP contribution in [0.1, 0.15) is 35.5 Å². The van der Waals surface area contributed by atoms with E-state index >= 15 is 0 Å². The van der Waals surface area contributed by atoms with Crippen molar-refractivity contribution in [3.05, 3.63) is 65.9 Å². The maximum absolute atomic E-state index is 12.5. The minimum Gasteiger partial charge on any atom is -0.493 e. The third-order valence-corrected chi connectivity index (χ3v) is 3.87. The fourth-order valence-corrected chi connectivity index (χ4v) is 2.64. The molecule has 0 aliphatic heterocycles. The van der Waals surface area contributed by atoms with Crippen molar-refractivity contribution in [3.63, 3.8) is 0 Å². The van der Waals surface area contributed by atoms with Crippen molar-refractivity contribution in [1.29, 1.82) is 0 Å². The largest absolute Gasteiger partial charge is 0.493 e. The van der Waals surface area contributed by atoms with Crippen LogP contribution in [-0.4, -0.2) is 13.0 Å². The number of carbonyl (C=O) groups is 1. The van der Waals surface area contributed by atoms with E-state index in [1.165, 1.54) is 0 Å². The highest BCUT2D eigenvalue weighted by atomic mass is 16.5. The molecular weight excluding hydrogens is 290 g/mol. The zero-order chi connectivity index (χ0) is 16.2. The van der Waals surface area contributed by atoms with Crippen LogP contribution in [0.5, 0.6) is 5.75 Å². The highest BCUT2D eigenvalue weighted by Crippen LogP contribution is 2.28. The first-order valence-corrected chi connectivity index (χ1v) is 7.65. The van der Waals surface area contributed by atoms with Gasteiger partial charge in [-0.3, -0.25) is 4.79 Å². The lowest BCUT2D eigenvalue weighted by Gasteiger charge is -2.16. The predicted octanol–water partition coefficient (Wildman–Crippen LogP) is 4.32. The lowest BCUT2D eigenvalue weighted by atomic mass is 10.0. The van der Waals surface area contributed by atoms with Crippen LogP contribution in [0.25, 0.3) is 11.0 Å². The molecule has 4 heteroatoms. The minimum atomic E-state index is -0.223. The van der Waals surface area contributed by atoms with E-state index in [1.807, 2.05) is 55.5 Å². The van der Waals surface area contributed by atoms with Gasteiger partial charge in [0, 0.05) is 5.39 Å². The van der Waals surface area contributed by atoms with E-state index < -0.39 is 0 Å². The lowest BCUT2D eigenvalue weighted by Crippen LogP contribution is -2.27. The van der Waals surface area contributed by atoms with Gasteiger partial charge in [-0.15, -0.1) is 0 Å². The van der Waals surface area contributed by atoms with Crippen molar-refractivity contribution in [2.45, 2.75) is 19.4 Å². The van der Waals surface area contributed by atoms with Crippen LogP contribution >= 0.6 is 0 Å². The summed E-state index contributed by atoms with van der Waals surface area (Å²) in [6, 6.07) is 17.2. The van der Waals surface area contributed by atoms with Gasteiger partial charge in [0.05, 0.1) is 13.2 Å². The summed E-state index contributed by atoms with van der Waals surface area (Å²) in [5, 5.41) is 3.87. The second kappa shape index (κ2) is 6.57. The monoisotopic (exact) mass is 309 g/mol. The molecule has 0 radical (unpaired) electrons. The average molecular weight is 309 g/mol. The van der Waals surface area contributed by atoms with Crippen molar-refractivity contribution in [2.75, 3.05) is 7.11 Å². The predicted molar refractivity (Wildman–Crippen MR) is 89.7 cm³/mol. The van der Waals surface area contributed by atoms with Gasteiger partial charge in [0.1, 0.15) is 0 Å². The average Bonchev–Trinajstić information content (AvgIpc) is 3.04. The van der Waals surface area contributed by atoms with Gasteiger partial charge in [-0.1, -0.05) is 49.4 Å². The number of amides is 1. The molecule has 2 aromatic carbocycles. The fraction of sp³-hybridized carbons (Fsp3) is 0.211. The highest BCUT2D eigenvalue weighted by Gasteiger charge is 2.18. The minimum absolute atomic E-state index is 0.0428. The topological polar surface area (TPSA) is 51.5 Å². The van der Waals surface area contributed by atoms with Gasteiger partial charge in [-0.05, 0) is 24.1 Å². The van der Waals surface area contributed by atoms with Crippen molar-refractivity contribution < 1.29 is 13.9 Å². The Morgan fingerprint density at radius 1 is 1.17 bits per heavy atom. The Hall–Kier alpha value is -2.75. The van der Waals surface area contributed by atoms with Crippen LogP contribution in [0.3, 0.4) is 0 Å². The number of ether oxygens (including phenoxy) is 1. The van der Waals surface area contributed by atoms with E-state index in [-0.39, 0.29) is 11.9 Å². The van der Waals surface area contributed by atoms with Crippen LogP contribution in [0.4, 0.5) is 0 Å². The number of para-hydroxylation sites is 1. The summed E-state index contributed by atoms with van der Waals surface area (Å²) in [4.78, 5) is 12.5. The smallest absolute Gasteiger partial charge is 0.287 e. The van der Waals surface area contributed by atoms with Crippen molar-refractivity contribution in [3.8, 4) is 5.75 Å². The first kappa shape index (κ1) is 15.2. The second-order valence-corrected chi connectivity index (χ2v) is 5.33. The van der Waals surface area contributed by atoms with Crippen LogP contribution in [-0.2, 0) is 0 Å². The number of nitrogens with one attached hydrogen (secondary N) is 1. The molecule has 0 spiro atoms. The van der Waals surface area contributed by atoms with Crippen LogP contribution in [0.2, 0.25) is 0 Å². The van der Waals surface area contributed by atoms with E-state index in [0.29, 0.717) is 17.1 Å².